The van der Waals surface area contributed by atoms with Crippen LogP contribution in [0.4, 0.5) is 13.2 Å². The van der Waals surface area contributed by atoms with Crippen LogP contribution >= 0.6 is 23.1 Å². The number of hydrogen-bond acceptors (Lipinski definition) is 4. The van der Waals surface area contributed by atoms with Crippen LogP contribution in [-0.2, 0) is 11.9 Å². The molecule has 0 fully saturated rings. The van der Waals surface area contributed by atoms with E-state index in [0.717, 1.165) is 27.0 Å². The Morgan fingerprint density at radius 2 is 1.83 bits per heavy atom. The van der Waals surface area contributed by atoms with Gasteiger partial charge in [-0.25, -0.2) is 0 Å². The molecule has 0 aliphatic rings. The Bertz CT molecular complexity index is 520. The first kappa shape index (κ1) is 13.4. The third-order valence-electron chi connectivity index (χ3n) is 2.15. The molecule has 0 spiro atoms. The normalized spacial score (nSPS) is 11.8. The summed E-state index contributed by atoms with van der Waals surface area (Å²) in [4.78, 5) is 0. The molecule has 0 bridgehead atoms. The molecule has 1 aromatic carbocycles. The molecule has 0 radical (unpaired) electrons. The second-order valence-electron chi connectivity index (χ2n) is 3.57. The van der Waals surface area contributed by atoms with Gasteiger partial charge in [0.1, 0.15) is 5.01 Å². The van der Waals surface area contributed by atoms with Crippen molar-refractivity contribution in [2.45, 2.75) is 23.2 Å². The van der Waals surface area contributed by atoms with E-state index in [1.54, 1.807) is 0 Å². The first-order valence-corrected chi connectivity index (χ1v) is 6.84. The molecule has 2 nitrogen and oxygen atoms in total. The summed E-state index contributed by atoms with van der Waals surface area (Å²) < 4.78 is 37.9. The van der Waals surface area contributed by atoms with Crippen molar-refractivity contribution in [2.75, 3.05) is 0 Å². The van der Waals surface area contributed by atoms with E-state index in [1.165, 1.54) is 35.2 Å². The van der Waals surface area contributed by atoms with Gasteiger partial charge in [0.05, 0.1) is 5.56 Å². The van der Waals surface area contributed by atoms with E-state index < -0.39 is 11.7 Å². The smallest absolute Gasteiger partial charge is 0.166 e. The Morgan fingerprint density at radius 1 is 1.17 bits per heavy atom. The maximum atomic E-state index is 12.4. The van der Waals surface area contributed by atoms with Crippen molar-refractivity contribution >= 4 is 23.1 Å². The second-order valence-corrected chi connectivity index (χ2v) is 5.97. The number of rotatable bonds is 3. The fourth-order valence-corrected chi connectivity index (χ4v) is 3.04. The number of nitrogens with zero attached hydrogens (tertiary/aromatic N) is 2. The predicted octanol–water partition coefficient (Wildman–Crippen LogP) is 4.16. The van der Waals surface area contributed by atoms with Crippen molar-refractivity contribution in [3.05, 3.63) is 40.4 Å². The number of thioether (sulfide) groups is 1. The lowest BCUT2D eigenvalue weighted by atomic mass is 10.1. The number of aryl methyl sites for hydroxylation is 1. The van der Waals surface area contributed by atoms with Crippen LogP contribution in [0.1, 0.15) is 16.1 Å². The Kier molecular flexibility index (Phi) is 3.91. The van der Waals surface area contributed by atoms with E-state index >= 15 is 0 Å². The first-order chi connectivity index (χ1) is 8.45. The lowest BCUT2D eigenvalue weighted by molar-refractivity contribution is -0.137. The summed E-state index contributed by atoms with van der Waals surface area (Å²) in [6.07, 6.45) is -4.28. The molecule has 0 atom stereocenters. The fourth-order valence-electron chi connectivity index (χ4n) is 1.27. The Hall–Kier alpha value is -1.08. The molecule has 0 amide bonds. The number of aromatic nitrogens is 2. The molecule has 7 heteroatoms. The number of hydrogen-bond donors (Lipinski definition) is 0. The van der Waals surface area contributed by atoms with Crippen LogP contribution in [0, 0.1) is 6.92 Å². The third-order valence-corrected chi connectivity index (χ3v) is 4.19. The van der Waals surface area contributed by atoms with Crippen LogP contribution in [-0.4, -0.2) is 10.2 Å². The van der Waals surface area contributed by atoms with E-state index in [2.05, 4.69) is 10.2 Å². The molecule has 96 valence electrons. The van der Waals surface area contributed by atoms with Gasteiger partial charge >= 0.3 is 6.18 Å². The van der Waals surface area contributed by atoms with Crippen molar-refractivity contribution in [1.82, 2.24) is 10.2 Å². The lowest BCUT2D eigenvalue weighted by Crippen LogP contribution is -2.04. The minimum atomic E-state index is -4.28. The van der Waals surface area contributed by atoms with Crippen LogP contribution in [0.25, 0.3) is 0 Å². The highest BCUT2D eigenvalue weighted by molar-refractivity contribution is 8.00. The minimum absolute atomic E-state index is 0.590. The summed E-state index contributed by atoms with van der Waals surface area (Å²) in [5.74, 6) is 0.590. The molecule has 2 rings (SSSR count). The molecule has 0 aliphatic carbocycles. The number of alkyl halides is 3. The highest BCUT2D eigenvalue weighted by atomic mass is 32.2. The zero-order valence-corrected chi connectivity index (χ0v) is 11.0. The molecule has 0 aliphatic heterocycles. The molecular formula is C11H9F3N2S2. The van der Waals surface area contributed by atoms with Crippen LogP contribution in [0.2, 0.25) is 0 Å². The van der Waals surface area contributed by atoms with Crippen molar-refractivity contribution in [3.8, 4) is 0 Å². The van der Waals surface area contributed by atoms with Crippen molar-refractivity contribution < 1.29 is 13.2 Å². The first-order valence-electron chi connectivity index (χ1n) is 5.04. The van der Waals surface area contributed by atoms with E-state index in [1.807, 2.05) is 6.92 Å². The lowest BCUT2D eigenvalue weighted by Gasteiger charge is -2.06. The van der Waals surface area contributed by atoms with Crippen LogP contribution in [0.5, 0.6) is 0 Å². The van der Waals surface area contributed by atoms with Gasteiger partial charge in [-0.05, 0) is 24.6 Å². The van der Waals surface area contributed by atoms with Crippen molar-refractivity contribution in [3.63, 3.8) is 0 Å². The number of benzene rings is 1. The predicted molar refractivity (Wildman–Crippen MR) is 65.7 cm³/mol. The highest BCUT2D eigenvalue weighted by Crippen LogP contribution is 2.30. The molecule has 0 saturated heterocycles. The van der Waals surface area contributed by atoms with Gasteiger partial charge in [-0.1, -0.05) is 35.2 Å². The van der Waals surface area contributed by atoms with Gasteiger partial charge in [0, 0.05) is 5.75 Å². The second kappa shape index (κ2) is 5.27. The van der Waals surface area contributed by atoms with Gasteiger partial charge in [0.15, 0.2) is 4.34 Å². The summed E-state index contributed by atoms with van der Waals surface area (Å²) in [6.45, 7) is 1.86. The highest BCUT2D eigenvalue weighted by Gasteiger charge is 2.29. The van der Waals surface area contributed by atoms with Gasteiger partial charge < -0.3 is 0 Å². The third kappa shape index (κ3) is 3.46. The quantitative estimate of drug-likeness (QED) is 0.794. The molecule has 0 saturated carbocycles. The Labute approximate surface area is 110 Å². The average molecular weight is 290 g/mol. The monoisotopic (exact) mass is 290 g/mol. The molecule has 1 aromatic heterocycles. The summed E-state index contributed by atoms with van der Waals surface area (Å²) >= 11 is 2.95. The fraction of sp³-hybridized carbons (Fsp3) is 0.273. The van der Waals surface area contributed by atoms with E-state index in [0.29, 0.717) is 5.75 Å². The van der Waals surface area contributed by atoms with Gasteiger partial charge in [-0.15, -0.1) is 10.2 Å². The van der Waals surface area contributed by atoms with Gasteiger partial charge in [-0.2, -0.15) is 13.2 Å². The van der Waals surface area contributed by atoms with Gasteiger partial charge in [-0.3, -0.25) is 0 Å². The molecular weight excluding hydrogens is 281 g/mol. The summed E-state index contributed by atoms with van der Waals surface area (Å²) in [7, 11) is 0. The topological polar surface area (TPSA) is 25.8 Å². The molecule has 2 aromatic rings. The summed E-state index contributed by atoms with van der Waals surface area (Å²) in [5, 5.41) is 8.69. The van der Waals surface area contributed by atoms with Gasteiger partial charge in [0.25, 0.3) is 0 Å². The van der Waals surface area contributed by atoms with E-state index in [-0.39, 0.29) is 0 Å². The SMILES string of the molecule is Cc1nnc(SCc2ccc(C(F)(F)F)cc2)s1. The summed E-state index contributed by atoms with van der Waals surface area (Å²) in [5.41, 5.74) is 0.212. The maximum absolute atomic E-state index is 12.4. The van der Waals surface area contributed by atoms with Crippen LogP contribution in [0.3, 0.4) is 0 Å². The van der Waals surface area contributed by atoms with E-state index in [4.69, 9.17) is 0 Å². The largest absolute Gasteiger partial charge is 0.416 e. The van der Waals surface area contributed by atoms with Crippen molar-refractivity contribution in [1.29, 1.82) is 0 Å². The maximum Gasteiger partial charge on any atom is 0.416 e. The Balaban J connectivity index is 1.98. The molecule has 18 heavy (non-hydrogen) atoms. The van der Waals surface area contributed by atoms with E-state index in [9.17, 15) is 13.2 Å². The van der Waals surface area contributed by atoms with Crippen LogP contribution < -0.4 is 0 Å². The summed E-state index contributed by atoms with van der Waals surface area (Å²) in [6, 6.07) is 5.18. The molecule has 0 unspecified atom stereocenters. The van der Waals surface area contributed by atoms with Crippen molar-refractivity contribution in [2.24, 2.45) is 0 Å². The number of halogens is 3. The van der Waals surface area contributed by atoms with Crippen LogP contribution in [0.15, 0.2) is 28.6 Å². The standard InChI is InChI=1S/C11H9F3N2S2/c1-7-15-16-10(18-7)17-6-8-2-4-9(5-3-8)11(12,13)14/h2-5H,6H2,1H3. The average Bonchev–Trinajstić information content (AvgIpc) is 2.72. The van der Waals surface area contributed by atoms with Gasteiger partial charge in [0.2, 0.25) is 0 Å². The minimum Gasteiger partial charge on any atom is -0.166 e. The molecule has 0 N–H and O–H groups in total. The molecule has 1 heterocycles. The Morgan fingerprint density at radius 3 is 2.33 bits per heavy atom. The zero-order chi connectivity index (χ0) is 13.2. The zero-order valence-electron chi connectivity index (χ0n) is 9.36.